The molecule has 0 aromatic heterocycles. The number of rotatable bonds is 6. The SMILES string of the molecule is Cc1ccccc1NC(=O)CNc1ccccc1NC(=O)c1ccccc1. The second kappa shape index (κ2) is 8.67. The molecule has 3 N–H and O–H groups in total. The van der Waals surface area contributed by atoms with E-state index in [2.05, 4.69) is 16.0 Å². The number of hydrogen-bond donors (Lipinski definition) is 3. The molecule has 0 heterocycles. The molecule has 0 unspecified atom stereocenters. The van der Waals surface area contributed by atoms with Crippen LogP contribution >= 0.6 is 0 Å². The Bertz CT molecular complexity index is 939. The Morgan fingerprint density at radius 1 is 0.704 bits per heavy atom. The minimum Gasteiger partial charge on any atom is -0.374 e. The van der Waals surface area contributed by atoms with Gasteiger partial charge in [-0.25, -0.2) is 0 Å². The normalized spacial score (nSPS) is 10.1. The predicted molar refractivity (Wildman–Crippen MR) is 109 cm³/mol. The molecule has 5 nitrogen and oxygen atoms in total. The van der Waals surface area contributed by atoms with Crippen LogP contribution in [0.2, 0.25) is 0 Å². The molecule has 3 rings (SSSR count). The first-order valence-electron chi connectivity index (χ1n) is 8.68. The first kappa shape index (κ1) is 18.2. The molecule has 0 saturated carbocycles. The van der Waals surface area contributed by atoms with Gasteiger partial charge in [-0.05, 0) is 42.8 Å². The second-order valence-corrected chi connectivity index (χ2v) is 6.08. The van der Waals surface area contributed by atoms with Crippen LogP contribution in [0.25, 0.3) is 0 Å². The van der Waals surface area contributed by atoms with E-state index in [-0.39, 0.29) is 18.4 Å². The van der Waals surface area contributed by atoms with E-state index in [1.165, 1.54) is 0 Å². The van der Waals surface area contributed by atoms with Crippen molar-refractivity contribution >= 4 is 28.9 Å². The Morgan fingerprint density at radius 2 is 1.30 bits per heavy atom. The zero-order chi connectivity index (χ0) is 19.1. The molecule has 0 aliphatic rings. The molecule has 0 aliphatic heterocycles. The largest absolute Gasteiger partial charge is 0.374 e. The maximum atomic E-state index is 12.4. The molecule has 27 heavy (non-hydrogen) atoms. The molecular weight excluding hydrogens is 338 g/mol. The lowest BCUT2D eigenvalue weighted by molar-refractivity contribution is -0.114. The lowest BCUT2D eigenvalue weighted by atomic mass is 10.2. The molecule has 0 spiro atoms. The summed E-state index contributed by atoms with van der Waals surface area (Å²) in [5, 5.41) is 8.84. The van der Waals surface area contributed by atoms with E-state index in [4.69, 9.17) is 0 Å². The van der Waals surface area contributed by atoms with Gasteiger partial charge < -0.3 is 16.0 Å². The summed E-state index contributed by atoms with van der Waals surface area (Å²) in [6.07, 6.45) is 0. The molecular formula is C22H21N3O2. The van der Waals surface area contributed by atoms with Gasteiger partial charge >= 0.3 is 0 Å². The summed E-state index contributed by atoms with van der Waals surface area (Å²) in [7, 11) is 0. The van der Waals surface area contributed by atoms with Crippen LogP contribution in [0.15, 0.2) is 78.9 Å². The van der Waals surface area contributed by atoms with Crippen molar-refractivity contribution in [3.05, 3.63) is 90.0 Å². The van der Waals surface area contributed by atoms with Crippen molar-refractivity contribution in [2.75, 3.05) is 22.5 Å². The average Bonchev–Trinajstić information content (AvgIpc) is 2.70. The van der Waals surface area contributed by atoms with Gasteiger partial charge in [-0.3, -0.25) is 9.59 Å². The Morgan fingerprint density at radius 3 is 2.00 bits per heavy atom. The van der Waals surface area contributed by atoms with Crippen molar-refractivity contribution < 1.29 is 9.59 Å². The highest BCUT2D eigenvalue weighted by atomic mass is 16.2. The minimum atomic E-state index is -0.200. The summed E-state index contributed by atoms with van der Waals surface area (Å²) in [5.74, 6) is -0.359. The third kappa shape index (κ3) is 4.95. The summed E-state index contributed by atoms with van der Waals surface area (Å²) in [4.78, 5) is 24.6. The standard InChI is InChI=1S/C22H21N3O2/c1-16-9-5-6-12-18(16)24-21(26)15-23-19-13-7-8-14-20(19)25-22(27)17-10-3-2-4-11-17/h2-14,23H,15H2,1H3,(H,24,26)(H,25,27). The molecule has 0 atom stereocenters. The van der Waals surface area contributed by atoms with E-state index < -0.39 is 0 Å². The lowest BCUT2D eigenvalue weighted by Crippen LogP contribution is -2.23. The smallest absolute Gasteiger partial charge is 0.255 e. The summed E-state index contributed by atoms with van der Waals surface area (Å²) in [5.41, 5.74) is 3.66. The van der Waals surface area contributed by atoms with Crippen LogP contribution in [-0.4, -0.2) is 18.4 Å². The topological polar surface area (TPSA) is 70.2 Å². The van der Waals surface area contributed by atoms with Crippen LogP contribution in [-0.2, 0) is 4.79 Å². The van der Waals surface area contributed by atoms with Crippen LogP contribution in [0, 0.1) is 6.92 Å². The molecule has 0 aliphatic carbocycles. The van der Waals surface area contributed by atoms with E-state index in [1.807, 2.05) is 67.6 Å². The van der Waals surface area contributed by atoms with Gasteiger partial charge in [0.2, 0.25) is 5.91 Å². The lowest BCUT2D eigenvalue weighted by Gasteiger charge is -2.14. The molecule has 0 fully saturated rings. The average molecular weight is 359 g/mol. The number of benzene rings is 3. The molecule has 5 heteroatoms. The molecule has 0 bridgehead atoms. The van der Waals surface area contributed by atoms with Gasteiger partial charge in [0.15, 0.2) is 0 Å². The fourth-order valence-corrected chi connectivity index (χ4v) is 2.61. The van der Waals surface area contributed by atoms with Gasteiger partial charge in [0.25, 0.3) is 5.91 Å². The van der Waals surface area contributed by atoms with Gasteiger partial charge in [0.1, 0.15) is 0 Å². The van der Waals surface area contributed by atoms with Crippen molar-refractivity contribution in [2.45, 2.75) is 6.92 Å². The monoisotopic (exact) mass is 359 g/mol. The zero-order valence-electron chi connectivity index (χ0n) is 15.0. The zero-order valence-corrected chi connectivity index (χ0v) is 15.0. The first-order chi connectivity index (χ1) is 13.1. The maximum Gasteiger partial charge on any atom is 0.255 e. The van der Waals surface area contributed by atoms with Gasteiger partial charge in [-0.2, -0.15) is 0 Å². The fourth-order valence-electron chi connectivity index (χ4n) is 2.61. The third-order valence-corrected chi connectivity index (χ3v) is 4.07. The van der Waals surface area contributed by atoms with Crippen LogP contribution < -0.4 is 16.0 Å². The summed E-state index contributed by atoms with van der Waals surface area (Å²) in [6.45, 7) is 2.03. The Labute approximate surface area is 158 Å². The van der Waals surface area contributed by atoms with E-state index >= 15 is 0 Å². The number of amides is 2. The molecule has 3 aromatic rings. The fraction of sp³-hybridized carbons (Fsp3) is 0.0909. The van der Waals surface area contributed by atoms with Crippen molar-refractivity contribution in [3.63, 3.8) is 0 Å². The minimum absolute atomic E-state index is 0.0898. The number of hydrogen-bond acceptors (Lipinski definition) is 3. The summed E-state index contributed by atoms with van der Waals surface area (Å²) >= 11 is 0. The van der Waals surface area contributed by atoms with Crippen LogP contribution in [0.3, 0.4) is 0 Å². The number of carbonyl (C=O) groups excluding carboxylic acids is 2. The van der Waals surface area contributed by atoms with E-state index in [0.29, 0.717) is 16.9 Å². The highest BCUT2D eigenvalue weighted by molar-refractivity contribution is 6.06. The van der Waals surface area contributed by atoms with Gasteiger partial charge in [-0.15, -0.1) is 0 Å². The van der Waals surface area contributed by atoms with Crippen LogP contribution in [0.4, 0.5) is 17.1 Å². The molecule has 3 aromatic carbocycles. The Kier molecular flexibility index (Phi) is 5.84. The molecule has 0 saturated heterocycles. The number of aryl methyl sites for hydroxylation is 1. The predicted octanol–water partition coefficient (Wildman–Crippen LogP) is 4.30. The van der Waals surface area contributed by atoms with Crippen LogP contribution in [0.1, 0.15) is 15.9 Å². The van der Waals surface area contributed by atoms with E-state index in [1.54, 1.807) is 18.2 Å². The van der Waals surface area contributed by atoms with Crippen molar-refractivity contribution in [1.82, 2.24) is 0 Å². The molecule has 0 radical (unpaired) electrons. The van der Waals surface area contributed by atoms with Crippen molar-refractivity contribution in [3.8, 4) is 0 Å². The number of carbonyl (C=O) groups is 2. The van der Waals surface area contributed by atoms with E-state index in [0.717, 1.165) is 11.3 Å². The second-order valence-electron chi connectivity index (χ2n) is 6.08. The quantitative estimate of drug-likeness (QED) is 0.615. The summed E-state index contributed by atoms with van der Waals surface area (Å²) in [6, 6.07) is 23.9. The first-order valence-corrected chi connectivity index (χ1v) is 8.68. The van der Waals surface area contributed by atoms with Crippen LogP contribution in [0.5, 0.6) is 0 Å². The van der Waals surface area contributed by atoms with Gasteiger partial charge in [0, 0.05) is 11.3 Å². The molecule has 2 amide bonds. The third-order valence-electron chi connectivity index (χ3n) is 4.07. The van der Waals surface area contributed by atoms with Crippen molar-refractivity contribution in [1.29, 1.82) is 0 Å². The van der Waals surface area contributed by atoms with Crippen molar-refractivity contribution in [2.24, 2.45) is 0 Å². The van der Waals surface area contributed by atoms with Gasteiger partial charge in [-0.1, -0.05) is 48.5 Å². The maximum absolute atomic E-state index is 12.4. The number of nitrogens with one attached hydrogen (secondary N) is 3. The van der Waals surface area contributed by atoms with E-state index in [9.17, 15) is 9.59 Å². The highest BCUT2D eigenvalue weighted by Crippen LogP contribution is 2.21. The Hall–Kier alpha value is -3.60. The number of para-hydroxylation sites is 3. The highest BCUT2D eigenvalue weighted by Gasteiger charge is 2.10. The number of anilines is 3. The van der Waals surface area contributed by atoms with Gasteiger partial charge in [0.05, 0.1) is 17.9 Å². The molecule has 136 valence electrons. The summed E-state index contributed by atoms with van der Waals surface area (Å²) < 4.78 is 0. The Balaban J connectivity index is 1.63.